The highest BCUT2D eigenvalue weighted by atomic mass is 16.3. The topological polar surface area (TPSA) is 48.4 Å². The Balaban J connectivity index is 1.79. The van der Waals surface area contributed by atoms with Crippen molar-refractivity contribution in [1.82, 2.24) is 10.3 Å². The molecule has 0 saturated carbocycles. The van der Waals surface area contributed by atoms with Gasteiger partial charge in [-0.1, -0.05) is 13.8 Å². The van der Waals surface area contributed by atoms with Crippen molar-refractivity contribution in [2.45, 2.75) is 45.6 Å². The van der Waals surface area contributed by atoms with Crippen LogP contribution in [0.25, 0.3) is 0 Å². The second-order valence-corrected chi connectivity index (χ2v) is 6.21. The van der Waals surface area contributed by atoms with E-state index in [1.807, 2.05) is 12.4 Å². The summed E-state index contributed by atoms with van der Waals surface area (Å²) in [4.78, 5) is 6.51. The van der Waals surface area contributed by atoms with E-state index < -0.39 is 0 Å². The van der Waals surface area contributed by atoms with Gasteiger partial charge in [-0.15, -0.1) is 0 Å². The summed E-state index contributed by atoms with van der Waals surface area (Å²) >= 11 is 0. The van der Waals surface area contributed by atoms with Gasteiger partial charge in [-0.3, -0.25) is 4.98 Å². The van der Waals surface area contributed by atoms with Crippen molar-refractivity contribution >= 4 is 5.69 Å². The van der Waals surface area contributed by atoms with Gasteiger partial charge in [-0.25, -0.2) is 0 Å². The van der Waals surface area contributed by atoms with E-state index in [2.05, 4.69) is 41.2 Å². The number of nitrogens with zero attached hydrogens (tertiary/aromatic N) is 2. The first-order valence-corrected chi connectivity index (χ1v) is 8.22. The molecule has 0 aliphatic carbocycles. The van der Waals surface area contributed by atoms with Crippen LogP contribution in [0.1, 0.15) is 39.5 Å². The molecule has 0 spiro atoms. The van der Waals surface area contributed by atoms with Crippen LogP contribution >= 0.6 is 0 Å². The Hall–Kier alpha value is -1.13. The van der Waals surface area contributed by atoms with Gasteiger partial charge in [0, 0.05) is 55.8 Å². The number of aromatic nitrogens is 1. The number of pyridine rings is 1. The molecule has 118 valence electrons. The fraction of sp³-hybridized carbons (Fsp3) is 0.706. The molecule has 0 unspecified atom stereocenters. The van der Waals surface area contributed by atoms with E-state index in [9.17, 15) is 5.11 Å². The van der Waals surface area contributed by atoms with Crippen molar-refractivity contribution in [2.75, 3.05) is 31.1 Å². The number of hydrogen-bond donors (Lipinski definition) is 2. The lowest BCUT2D eigenvalue weighted by atomic mass is 9.83. The molecule has 1 aliphatic rings. The molecule has 2 N–H and O–H groups in total. The van der Waals surface area contributed by atoms with Crippen molar-refractivity contribution in [2.24, 2.45) is 5.41 Å². The largest absolute Gasteiger partial charge is 0.396 e. The molecule has 0 aromatic carbocycles. The van der Waals surface area contributed by atoms with Crippen LogP contribution in [0.2, 0.25) is 0 Å². The lowest BCUT2D eigenvalue weighted by Gasteiger charge is -2.37. The zero-order valence-electron chi connectivity index (χ0n) is 13.4. The molecule has 1 aromatic rings. The number of rotatable bonds is 7. The summed E-state index contributed by atoms with van der Waals surface area (Å²) in [7, 11) is 0. The summed E-state index contributed by atoms with van der Waals surface area (Å²) in [5.41, 5.74) is 1.33. The second kappa shape index (κ2) is 7.76. The minimum Gasteiger partial charge on any atom is -0.396 e. The Kier molecular flexibility index (Phi) is 6.00. The first-order valence-electron chi connectivity index (χ1n) is 8.22. The van der Waals surface area contributed by atoms with Gasteiger partial charge >= 0.3 is 0 Å². The quantitative estimate of drug-likeness (QED) is 0.810. The van der Waals surface area contributed by atoms with Crippen molar-refractivity contribution in [3.05, 3.63) is 24.5 Å². The molecule has 0 radical (unpaired) electrons. The molecule has 4 heteroatoms. The van der Waals surface area contributed by atoms with Crippen LogP contribution in [-0.2, 0) is 0 Å². The van der Waals surface area contributed by atoms with Gasteiger partial charge in [0.1, 0.15) is 0 Å². The number of anilines is 1. The third kappa shape index (κ3) is 4.17. The molecule has 1 fully saturated rings. The number of piperidine rings is 1. The van der Waals surface area contributed by atoms with Gasteiger partial charge in [-0.05, 0) is 37.8 Å². The Morgan fingerprint density at radius 2 is 1.86 bits per heavy atom. The lowest BCUT2D eigenvalue weighted by molar-refractivity contribution is 0.108. The monoisotopic (exact) mass is 291 g/mol. The Labute approximate surface area is 128 Å². The molecule has 21 heavy (non-hydrogen) atoms. The van der Waals surface area contributed by atoms with Gasteiger partial charge in [0.2, 0.25) is 0 Å². The van der Waals surface area contributed by atoms with Gasteiger partial charge in [0.05, 0.1) is 0 Å². The highest BCUT2D eigenvalue weighted by molar-refractivity contribution is 5.44. The zero-order valence-corrected chi connectivity index (χ0v) is 13.4. The van der Waals surface area contributed by atoms with Crippen molar-refractivity contribution in [3.8, 4) is 0 Å². The molecule has 2 heterocycles. The van der Waals surface area contributed by atoms with Crippen LogP contribution in [0.5, 0.6) is 0 Å². The molecular weight excluding hydrogens is 262 g/mol. The van der Waals surface area contributed by atoms with E-state index in [-0.39, 0.29) is 12.0 Å². The maximum absolute atomic E-state index is 9.64. The average Bonchev–Trinajstić information content (AvgIpc) is 2.58. The maximum atomic E-state index is 9.64. The van der Waals surface area contributed by atoms with Crippen LogP contribution in [-0.4, -0.2) is 42.4 Å². The smallest absolute Gasteiger partial charge is 0.0499 e. The summed E-state index contributed by atoms with van der Waals surface area (Å²) in [6, 6.07) is 4.74. The Bertz CT molecular complexity index is 389. The molecule has 0 bridgehead atoms. The first-order chi connectivity index (χ1) is 10.2. The lowest BCUT2D eigenvalue weighted by Crippen LogP contribution is -2.47. The van der Waals surface area contributed by atoms with E-state index >= 15 is 0 Å². The predicted molar refractivity (Wildman–Crippen MR) is 87.6 cm³/mol. The fourth-order valence-electron chi connectivity index (χ4n) is 3.04. The standard InChI is InChI=1S/C17H29N3O/c1-3-17(4-2,14-21)13-19-15-7-11-20(12-8-15)16-5-9-18-10-6-16/h5-6,9-10,15,19,21H,3-4,7-8,11-14H2,1-2H3. The zero-order chi connectivity index (χ0) is 15.1. The summed E-state index contributed by atoms with van der Waals surface area (Å²) in [6.07, 6.45) is 8.11. The second-order valence-electron chi connectivity index (χ2n) is 6.21. The number of nitrogens with one attached hydrogen (secondary N) is 1. The normalized spacial score (nSPS) is 17.2. The molecule has 1 aromatic heterocycles. The van der Waals surface area contributed by atoms with Crippen LogP contribution in [0, 0.1) is 5.41 Å². The predicted octanol–water partition coefficient (Wildman–Crippen LogP) is 2.44. The van der Waals surface area contributed by atoms with Gasteiger partial charge in [0.15, 0.2) is 0 Å². The van der Waals surface area contributed by atoms with Crippen LogP contribution in [0.4, 0.5) is 5.69 Å². The summed E-state index contributed by atoms with van der Waals surface area (Å²) in [5, 5.41) is 13.3. The van der Waals surface area contributed by atoms with E-state index in [4.69, 9.17) is 0 Å². The number of aliphatic hydroxyl groups excluding tert-OH is 1. The van der Waals surface area contributed by atoms with E-state index in [1.165, 1.54) is 5.69 Å². The highest BCUT2D eigenvalue weighted by Gasteiger charge is 2.27. The van der Waals surface area contributed by atoms with Gasteiger partial charge < -0.3 is 15.3 Å². The summed E-state index contributed by atoms with van der Waals surface area (Å²) in [6.45, 7) is 7.73. The van der Waals surface area contributed by atoms with Crippen molar-refractivity contribution in [1.29, 1.82) is 0 Å². The minimum absolute atomic E-state index is 0.0578. The molecule has 1 saturated heterocycles. The summed E-state index contributed by atoms with van der Waals surface area (Å²) in [5.74, 6) is 0. The fourth-order valence-corrected chi connectivity index (χ4v) is 3.04. The SMILES string of the molecule is CCC(CC)(CO)CNC1CCN(c2ccncc2)CC1. The minimum atomic E-state index is 0.0578. The molecule has 4 nitrogen and oxygen atoms in total. The third-order valence-corrected chi connectivity index (χ3v) is 5.12. The molecule has 1 aliphatic heterocycles. The van der Waals surface area contributed by atoms with Crippen LogP contribution in [0.15, 0.2) is 24.5 Å². The Morgan fingerprint density at radius 1 is 1.24 bits per heavy atom. The average molecular weight is 291 g/mol. The Morgan fingerprint density at radius 3 is 2.38 bits per heavy atom. The van der Waals surface area contributed by atoms with Gasteiger partial charge in [-0.2, -0.15) is 0 Å². The van der Waals surface area contributed by atoms with Crippen LogP contribution in [0.3, 0.4) is 0 Å². The van der Waals surface area contributed by atoms with Crippen molar-refractivity contribution in [3.63, 3.8) is 0 Å². The van der Waals surface area contributed by atoms with Gasteiger partial charge in [0.25, 0.3) is 0 Å². The summed E-state index contributed by atoms with van der Waals surface area (Å²) < 4.78 is 0. The highest BCUT2D eigenvalue weighted by Crippen LogP contribution is 2.25. The molecular formula is C17H29N3O. The van der Waals surface area contributed by atoms with Crippen molar-refractivity contribution < 1.29 is 5.11 Å². The molecule has 0 atom stereocenters. The number of hydrogen-bond acceptors (Lipinski definition) is 4. The third-order valence-electron chi connectivity index (χ3n) is 5.12. The van der Waals surface area contributed by atoms with E-state index in [0.717, 1.165) is 45.3 Å². The maximum Gasteiger partial charge on any atom is 0.0499 e. The first kappa shape index (κ1) is 16.2. The van der Waals surface area contributed by atoms with E-state index in [1.54, 1.807) is 0 Å². The van der Waals surface area contributed by atoms with Crippen LogP contribution < -0.4 is 10.2 Å². The van der Waals surface area contributed by atoms with E-state index in [0.29, 0.717) is 6.04 Å². The molecule has 2 rings (SSSR count). The number of aliphatic hydroxyl groups is 1. The molecule has 0 amide bonds.